The molecule has 1 spiro atoms. The second kappa shape index (κ2) is 6.65. The molecule has 0 atom stereocenters. The van der Waals surface area contributed by atoms with Gasteiger partial charge in [-0.1, -0.05) is 0 Å². The number of likely N-dealkylation sites (tertiary alicyclic amines) is 1. The molecule has 1 amide bonds. The average Bonchev–Trinajstić information content (AvgIpc) is 3.36. The van der Waals surface area contributed by atoms with E-state index in [1.54, 1.807) is 40.0 Å². The van der Waals surface area contributed by atoms with Gasteiger partial charge in [0, 0.05) is 50.1 Å². The van der Waals surface area contributed by atoms with Crippen molar-refractivity contribution in [3.8, 4) is 11.3 Å². The Hall–Kier alpha value is -2.84. The number of imidazole rings is 1. The van der Waals surface area contributed by atoms with Gasteiger partial charge in [-0.2, -0.15) is 0 Å². The van der Waals surface area contributed by atoms with E-state index in [2.05, 4.69) is 9.97 Å². The van der Waals surface area contributed by atoms with Crippen LogP contribution >= 0.6 is 0 Å². The van der Waals surface area contributed by atoms with Crippen LogP contribution in [0.1, 0.15) is 23.3 Å². The van der Waals surface area contributed by atoms with Crippen LogP contribution in [0.5, 0.6) is 0 Å². The average molecular weight is 382 g/mol. The van der Waals surface area contributed by atoms with Crippen molar-refractivity contribution in [3.63, 3.8) is 0 Å². The smallest absolute Gasteiger partial charge is 0.274 e. The maximum atomic E-state index is 13.2. The fourth-order valence-corrected chi connectivity index (χ4v) is 3.83. The minimum atomic E-state index is -0.518. The standard InChI is InChI=1S/C20H19FN4O3/c21-15-3-1-14(2-4-15)17-18-23-16(13-25(18)10-7-22-17)19(26)24-8-5-20(6-9-24)27-11-12-28-20/h1-4,7,10,13H,5-6,8-9,11-12H2. The first-order valence-electron chi connectivity index (χ1n) is 9.30. The van der Waals surface area contributed by atoms with Crippen LogP contribution in [0, 0.1) is 5.82 Å². The molecule has 0 bridgehead atoms. The van der Waals surface area contributed by atoms with Crippen molar-refractivity contribution in [1.29, 1.82) is 0 Å². The highest BCUT2D eigenvalue weighted by molar-refractivity contribution is 5.93. The number of carbonyl (C=O) groups excluding carboxylic acids is 1. The predicted molar refractivity (Wildman–Crippen MR) is 98.2 cm³/mol. The fraction of sp³-hybridized carbons (Fsp3) is 0.350. The van der Waals surface area contributed by atoms with Gasteiger partial charge in [0.25, 0.3) is 5.91 Å². The maximum absolute atomic E-state index is 13.2. The second-order valence-corrected chi connectivity index (χ2v) is 7.04. The number of piperidine rings is 1. The van der Waals surface area contributed by atoms with E-state index < -0.39 is 5.79 Å². The zero-order chi connectivity index (χ0) is 19.1. The summed E-state index contributed by atoms with van der Waals surface area (Å²) in [5.74, 6) is -0.954. The third-order valence-electron chi connectivity index (χ3n) is 5.34. The Bertz CT molecular complexity index is 1020. The third-order valence-corrected chi connectivity index (χ3v) is 5.34. The number of rotatable bonds is 2. The number of aromatic nitrogens is 3. The van der Waals surface area contributed by atoms with E-state index in [0.29, 0.717) is 56.2 Å². The van der Waals surface area contributed by atoms with Crippen molar-refractivity contribution >= 4 is 11.6 Å². The number of amides is 1. The zero-order valence-electron chi connectivity index (χ0n) is 15.2. The summed E-state index contributed by atoms with van der Waals surface area (Å²) in [5.41, 5.74) is 2.27. The van der Waals surface area contributed by atoms with Gasteiger partial charge < -0.3 is 18.8 Å². The number of halogens is 1. The van der Waals surface area contributed by atoms with E-state index in [9.17, 15) is 9.18 Å². The molecule has 1 aromatic carbocycles. The van der Waals surface area contributed by atoms with Crippen LogP contribution in [0.4, 0.5) is 4.39 Å². The van der Waals surface area contributed by atoms with E-state index >= 15 is 0 Å². The Morgan fingerprint density at radius 2 is 1.82 bits per heavy atom. The highest BCUT2D eigenvalue weighted by Gasteiger charge is 2.41. The van der Waals surface area contributed by atoms with Crippen LogP contribution in [-0.2, 0) is 9.47 Å². The summed E-state index contributed by atoms with van der Waals surface area (Å²) in [6, 6.07) is 6.07. The van der Waals surface area contributed by atoms with Crippen LogP contribution < -0.4 is 0 Å². The molecule has 0 N–H and O–H groups in total. The number of ether oxygens (including phenoxy) is 2. The lowest BCUT2D eigenvalue weighted by Gasteiger charge is -2.37. The molecule has 8 heteroatoms. The SMILES string of the molecule is O=C(c1cn2ccnc(-c3ccc(F)cc3)c2n1)N1CCC2(CC1)OCCO2. The highest BCUT2D eigenvalue weighted by atomic mass is 19.1. The quantitative estimate of drug-likeness (QED) is 0.681. The summed E-state index contributed by atoms with van der Waals surface area (Å²) in [6.45, 7) is 2.35. The first-order valence-corrected chi connectivity index (χ1v) is 9.30. The number of hydrogen-bond acceptors (Lipinski definition) is 5. The molecule has 2 aliphatic rings. The van der Waals surface area contributed by atoms with Gasteiger partial charge in [0.05, 0.1) is 13.2 Å². The van der Waals surface area contributed by atoms with E-state index in [1.165, 1.54) is 12.1 Å². The Balaban J connectivity index is 1.41. The summed E-state index contributed by atoms with van der Waals surface area (Å²) in [5, 5.41) is 0. The zero-order valence-corrected chi connectivity index (χ0v) is 15.2. The minimum absolute atomic E-state index is 0.124. The van der Waals surface area contributed by atoms with E-state index in [0.717, 1.165) is 5.56 Å². The van der Waals surface area contributed by atoms with E-state index in [-0.39, 0.29) is 11.7 Å². The van der Waals surface area contributed by atoms with Crippen LogP contribution in [0.25, 0.3) is 16.9 Å². The first kappa shape index (κ1) is 17.3. The Morgan fingerprint density at radius 3 is 2.54 bits per heavy atom. The molecule has 2 saturated heterocycles. The lowest BCUT2D eigenvalue weighted by molar-refractivity contribution is -0.181. The predicted octanol–water partition coefficient (Wildman–Crippen LogP) is 2.51. The molecule has 3 aromatic rings. The van der Waals surface area contributed by atoms with E-state index in [4.69, 9.17) is 9.47 Å². The Kier molecular flexibility index (Phi) is 4.10. The number of carbonyl (C=O) groups is 1. The molecule has 2 fully saturated rings. The van der Waals surface area contributed by atoms with Crippen LogP contribution in [-0.4, -0.2) is 57.3 Å². The Labute approximate surface area is 160 Å². The van der Waals surface area contributed by atoms with Crippen molar-refractivity contribution in [1.82, 2.24) is 19.3 Å². The molecule has 7 nitrogen and oxygen atoms in total. The molecule has 2 aliphatic heterocycles. The fourth-order valence-electron chi connectivity index (χ4n) is 3.83. The molecule has 144 valence electrons. The Morgan fingerprint density at radius 1 is 1.11 bits per heavy atom. The van der Waals surface area contributed by atoms with Gasteiger partial charge in [0.1, 0.15) is 17.2 Å². The summed E-state index contributed by atoms with van der Waals surface area (Å²) in [4.78, 5) is 23.6. The van der Waals surface area contributed by atoms with Crippen LogP contribution in [0.15, 0.2) is 42.9 Å². The van der Waals surface area contributed by atoms with Gasteiger partial charge in [-0.3, -0.25) is 9.78 Å². The van der Waals surface area contributed by atoms with Crippen molar-refractivity contribution in [2.45, 2.75) is 18.6 Å². The lowest BCUT2D eigenvalue weighted by atomic mass is 10.0. The van der Waals surface area contributed by atoms with Crippen molar-refractivity contribution in [2.24, 2.45) is 0 Å². The van der Waals surface area contributed by atoms with Gasteiger partial charge in [-0.05, 0) is 24.3 Å². The van der Waals surface area contributed by atoms with Crippen LogP contribution in [0.3, 0.4) is 0 Å². The summed E-state index contributed by atoms with van der Waals surface area (Å²) >= 11 is 0. The molecule has 0 aliphatic carbocycles. The van der Waals surface area contributed by atoms with Gasteiger partial charge in [-0.25, -0.2) is 9.37 Å². The molecule has 5 rings (SSSR count). The van der Waals surface area contributed by atoms with Gasteiger partial charge in [0.2, 0.25) is 0 Å². The van der Waals surface area contributed by atoms with E-state index in [1.807, 2.05) is 0 Å². The van der Waals surface area contributed by atoms with Crippen molar-refractivity contribution in [2.75, 3.05) is 26.3 Å². The lowest BCUT2D eigenvalue weighted by Crippen LogP contribution is -2.47. The van der Waals surface area contributed by atoms with Gasteiger partial charge >= 0.3 is 0 Å². The molecular formula is C20H19FN4O3. The van der Waals surface area contributed by atoms with Crippen molar-refractivity contribution < 1.29 is 18.7 Å². The third kappa shape index (κ3) is 2.94. The second-order valence-electron chi connectivity index (χ2n) is 7.04. The first-order chi connectivity index (χ1) is 13.6. The number of fused-ring (bicyclic) bond motifs is 1. The van der Waals surface area contributed by atoms with Crippen molar-refractivity contribution in [3.05, 3.63) is 54.4 Å². The monoisotopic (exact) mass is 382 g/mol. The molecule has 4 heterocycles. The number of benzene rings is 1. The van der Waals surface area contributed by atoms with Crippen LogP contribution in [0.2, 0.25) is 0 Å². The molecule has 28 heavy (non-hydrogen) atoms. The number of hydrogen-bond donors (Lipinski definition) is 0. The molecule has 0 unspecified atom stereocenters. The summed E-state index contributed by atoms with van der Waals surface area (Å²) < 4.78 is 26.4. The maximum Gasteiger partial charge on any atom is 0.274 e. The molecular weight excluding hydrogens is 363 g/mol. The topological polar surface area (TPSA) is 69.0 Å². The summed E-state index contributed by atoms with van der Waals surface area (Å²) in [7, 11) is 0. The number of nitrogens with zero attached hydrogens (tertiary/aromatic N) is 4. The normalized spacial score (nSPS) is 18.8. The largest absolute Gasteiger partial charge is 0.347 e. The molecule has 0 saturated carbocycles. The van der Waals surface area contributed by atoms with Gasteiger partial charge in [0.15, 0.2) is 11.4 Å². The molecule has 0 radical (unpaired) electrons. The summed E-state index contributed by atoms with van der Waals surface area (Å²) in [6.07, 6.45) is 6.42. The highest BCUT2D eigenvalue weighted by Crippen LogP contribution is 2.32. The minimum Gasteiger partial charge on any atom is -0.347 e. The van der Waals surface area contributed by atoms with Gasteiger partial charge in [-0.15, -0.1) is 0 Å². The molecule has 2 aromatic heterocycles.